The fraction of sp³-hybridized carbons (Fsp3) is 0.0714. The highest BCUT2D eigenvalue weighted by atomic mass is 16.5. The topological polar surface area (TPSA) is 82.3 Å². The molecule has 2 aromatic rings. The second-order valence-corrected chi connectivity index (χ2v) is 3.85. The SMILES string of the molecule is COC(=O)c1cccnc1C(=O)c1cccc(N)c1. The smallest absolute Gasteiger partial charge is 0.340 e. The molecule has 0 fully saturated rings. The van der Waals surface area contributed by atoms with Gasteiger partial charge >= 0.3 is 5.97 Å². The molecule has 0 saturated heterocycles. The fourth-order valence-corrected chi connectivity index (χ4v) is 1.68. The van der Waals surface area contributed by atoms with E-state index in [1.54, 1.807) is 24.3 Å². The Labute approximate surface area is 110 Å². The Bertz CT molecular complexity index is 638. The van der Waals surface area contributed by atoms with Crippen LogP contribution in [-0.4, -0.2) is 23.8 Å². The van der Waals surface area contributed by atoms with Gasteiger partial charge < -0.3 is 10.5 Å². The molecule has 5 nitrogen and oxygen atoms in total. The van der Waals surface area contributed by atoms with Crippen molar-refractivity contribution in [3.63, 3.8) is 0 Å². The first-order chi connectivity index (χ1) is 9.13. The van der Waals surface area contributed by atoms with E-state index in [-0.39, 0.29) is 17.0 Å². The first kappa shape index (κ1) is 12.8. The van der Waals surface area contributed by atoms with Gasteiger partial charge in [-0.15, -0.1) is 0 Å². The summed E-state index contributed by atoms with van der Waals surface area (Å²) < 4.78 is 4.63. The minimum Gasteiger partial charge on any atom is -0.465 e. The molecule has 0 aliphatic heterocycles. The highest BCUT2D eigenvalue weighted by molar-refractivity contribution is 6.13. The van der Waals surface area contributed by atoms with Gasteiger partial charge in [0.25, 0.3) is 0 Å². The Morgan fingerprint density at radius 3 is 2.68 bits per heavy atom. The monoisotopic (exact) mass is 256 g/mol. The standard InChI is InChI=1S/C14H12N2O3/c1-19-14(18)11-6-3-7-16-12(11)13(17)9-4-2-5-10(15)8-9/h2-8H,15H2,1H3. The molecular weight excluding hydrogens is 244 g/mol. The second kappa shape index (κ2) is 5.30. The van der Waals surface area contributed by atoms with Crippen LogP contribution in [-0.2, 0) is 4.74 Å². The highest BCUT2D eigenvalue weighted by Gasteiger charge is 2.20. The Kier molecular flexibility index (Phi) is 3.56. The van der Waals surface area contributed by atoms with Crippen molar-refractivity contribution in [1.29, 1.82) is 0 Å². The van der Waals surface area contributed by atoms with Gasteiger partial charge in [0.1, 0.15) is 5.69 Å². The van der Waals surface area contributed by atoms with Crippen molar-refractivity contribution in [1.82, 2.24) is 4.98 Å². The maximum Gasteiger partial charge on any atom is 0.340 e. The summed E-state index contributed by atoms with van der Waals surface area (Å²) in [6.45, 7) is 0. The van der Waals surface area contributed by atoms with E-state index in [0.29, 0.717) is 11.3 Å². The molecule has 0 aliphatic rings. The third-order valence-electron chi connectivity index (χ3n) is 2.58. The number of methoxy groups -OCH3 is 1. The number of esters is 1. The van der Waals surface area contributed by atoms with Gasteiger partial charge in [-0.05, 0) is 24.3 Å². The van der Waals surface area contributed by atoms with Crippen molar-refractivity contribution < 1.29 is 14.3 Å². The van der Waals surface area contributed by atoms with Crippen LogP contribution in [0, 0.1) is 0 Å². The van der Waals surface area contributed by atoms with Gasteiger partial charge in [-0.1, -0.05) is 12.1 Å². The molecular formula is C14H12N2O3. The Morgan fingerprint density at radius 2 is 2.00 bits per heavy atom. The lowest BCUT2D eigenvalue weighted by Gasteiger charge is -2.06. The number of pyridine rings is 1. The van der Waals surface area contributed by atoms with Crippen molar-refractivity contribution in [2.24, 2.45) is 0 Å². The highest BCUT2D eigenvalue weighted by Crippen LogP contribution is 2.15. The number of rotatable bonds is 3. The molecule has 1 aromatic carbocycles. The van der Waals surface area contributed by atoms with Gasteiger partial charge in [0.15, 0.2) is 0 Å². The molecule has 0 radical (unpaired) electrons. The Morgan fingerprint density at radius 1 is 1.21 bits per heavy atom. The van der Waals surface area contributed by atoms with Crippen molar-refractivity contribution in [3.05, 3.63) is 59.4 Å². The average Bonchev–Trinajstić information content (AvgIpc) is 2.45. The minimum absolute atomic E-state index is 0.0555. The summed E-state index contributed by atoms with van der Waals surface area (Å²) in [6.07, 6.45) is 1.45. The third kappa shape index (κ3) is 2.60. The van der Waals surface area contributed by atoms with Crippen LogP contribution in [0.5, 0.6) is 0 Å². The van der Waals surface area contributed by atoms with Crippen LogP contribution in [0.4, 0.5) is 5.69 Å². The number of carbonyl (C=O) groups is 2. The van der Waals surface area contributed by atoms with Gasteiger partial charge in [0, 0.05) is 17.4 Å². The number of ketones is 1. The molecule has 1 aromatic heterocycles. The zero-order chi connectivity index (χ0) is 13.8. The number of nitrogens with zero attached hydrogens (tertiary/aromatic N) is 1. The predicted molar refractivity (Wildman–Crippen MR) is 69.9 cm³/mol. The molecule has 5 heteroatoms. The normalized spacial score (nSPS) is 9.95. The predicted octanol–water partition coefficient (Wildman–Crippen LogP) is 1.68. The molecule has 0 bridgehead atoms. The molecule has 0 amide bonds. The summed E-state index contributed by atoms with van der Waals surface area (Å²) in [7, 11) is 1.25. The first-order valence-corrected chi connectivity index (χ1v) is 5.57. The number of anilines is 1. The van der Waals surface area contributed by atoms with Gasteiger partial charge in [0.2, 0.25) is 5.78 Å². The van der Waals surface area contributed by atoms with Crippen LogP contribution in [0.1, 0.15) is 26.4 Å². The molecule has 0 unspecified atom stereocenters. The van der Waals surface area contributed by atoms with Crippen molar-refractivity contribution in [3.8, 4) is 0 Å². The van der Waals surface area contributed by atoms with Gasteiger partial charge in [-0.3, -0.25) is 9.78 Å². The van der Waals surface area contributed by atoms with Gasteiger partial charge in [-0.25, -0.2) is 4.79 Å². The molecule has 0 atom stereocenters. The number of carbonyl (C=O) groups excluding carboxylic acids is 2. The molecule has 2 rings (SSSR count). The summed E-state index contributed by atoms with van der Waals surface area (Å²) in [5.41, 5.74) is 6.68. The Hall–Kier alpha value is -2.69. The summed E-state index contributed by atoms with van der Waals surface area (Å²) in [6, 6.07) is 9.58. The average molecular weight is 256 g/mol. The van der Waals surface area contributed by atoms with E-state index in [9.17, 15) is 9.59 Å². The van der Waals surface area contributed by atoms with E-state index in [4.69, 9.17) is 5.73 Å². The number of aromatic nitrogens is 1. The van der Waals surface area contributed by atoms with Crippen LogP contribution < -0.4 is 5.73 Å². The van der Waals surface area contributed by atoms with Crippen LogP contribution in [0.25, 0.3) is 0 Å². The van der Waals surface area contributed by atoms with Crippen molar-refractivity contribution in [2.45, 2.75) is 0 Å². The summed E-state index contributed by atoms with van der Waals surface area (Å²) in [5.74, 6) is -0.964. The second-order valence-electron chi connectivity index (χ2n) is 3.85. The van der Waals surface area contributed by atoms with Crippen molar-refractivity contribution >= 4 is 17.4 Å². The van der Waals surface area contributed by atoms with E-state index < -0.39 is 5.97 Å². The Balaban J connectivity index is 2.47. The van der Waals surface area contributed by atoms with Gasteiger partial charge in [-0.2, -0.15) is 0 Å². The largest absolute Gasteiger partial charge is 0.465 e. The van der Waals surface area contributed by atoms with E-state index in [1.165, 1.54) is 25.4 Å². The quantitative estimate of drug-likeness (QED) is 0.513. The van der Waals surface area contributed by atoms with E-state index in [2.05, 4.69) is 9.72 Å². The molecule has 0 saturated carbocycles. The van der Waals surface area contributed by atoms with Crippen molar-refractivity contribution in [2.75, 3.05) is 12.8 Å². The number of hydrogen-bond acceptors (Lipinski definition) is 5. The maximum atomic E-state index is 12.3. The first-order valence-electron chi connectivity index (χ1n) is 5.57. The number of hydrogen-bond donors (Lipinski definition) is 1. The molecule has 2 N–H and O–H groups in total. The number of ether oxygens (including phenoxy) is 1. The lowest BCUT2D eigenvalue weighted by molar-refractivity contribution is 0.0597. The molecule has 0 spiro atoms. The minimum atomic E-state index is -0.597. The summed E-state index contributed by atoms with van der Waals surface area (Å²) >= 11 is 0. The molecule has 96 valence electrons. The van der Waals surface area contributed by atoms with Crippen LogP contribution in [0.15, 0.2) is 42.6 Å². The van der Waals surface area contributed by atoms with Crippen LogP contribution >= 0.6 is 0 Å². The zero-order valence-electron chi connectivity index (χ0n) is 10.3. The number of nitrogens with two attached hydrogens (primary N) is 1. The lowest BCUT2D eigenvalue weighted by atomic mass is 10.0. The van der Waals surface area contributed by atoms with E-state index in [1.807, 2.05) is 0 Å². The summed E-state index contributed by atoms with van der Waals surface area (Å²) in [5, 5.41) is 0. The number of nitrogen functional groups attached to an aromatic ring is 1. The molecule has 0 aliphatic carbocycles. The van der Waals surface area contributed by atoms with Gasteiger partial charge in [0.05, 0.1) is 12.7 Å². The molecule has 19 heavy (non-hydrogen) atoms. The van der Waals surface area contributed by atoms with Crippen LogP contribution in [0.3, 0.4) is 0 Å². The summed E-state index contributed by atoms with van der Waals surface area (Å²) in [4.78, 5) is 27.9. The molecule has 1 heterocycles. The van der Waals surface area contributed by atoms with E-state index >= 15 is 0 Å². The lowest BCUT2D eigenvalue weighted by Crippen LogP contribution is -2.13. The zero-order valence-corrected chi connectivity index (χ0v) is 10.3. The maximum absolute atomic E-state index is 12.3. The third-order valence-corrected chi connectivity index (χ3v) is 2.58. The number of benzene rings is 1. The fourth-order valence-electron chi connectivity index (χ4n) is 1.68. The van der Waals surface area contributed by atoms with Crippen LogP contribution in [0.2, 0.25) is 0 Å². The van der Waals surface area contributed by atoms with E-state index in [0.717, 1.165) is 0 Å².